The number of para-hydroxylation sites is 1. The summed E-state index contributed by atoms with van der Waals surface area (Å²) in [6.07, 6.45) is 0. The fourth-order valence-electron chi connectivity index (χ4n) is 4.08. The average Bonchev–Trinajstić information content (AvgIpc) is 3.31. The Morgan fingerprint density at radius 3 is 2.06 bits per heavy atom. The van der Waals surface area contributed by atoms with Crippen molar-refractivity contribution in [3.8, 4) is 11.5 Å². The van der Waals surface area contributed by atoms with Gasteiger partial charge in [0.1, 0.15) is 6.04 Å². The van der Waals surface area contributed by atoms with Crippen LogP contribution in [0.2, 0.25) is 5.02 Å². The maximum absolute atomic E-state index is 6.17. The van der Waals surface area contributed by atoms with Gasteiger partial charge in [0.15, 0.2) is 0 Å². The van der Waals surface area contributed by atoms with E-state index in [-0.39, 0.29) is 6.04 Å². The number of anilines is 1. The van der Waals surface area contributed by atoms with E-state index in [1.165, 1.54) is 5.69 Å². The van der Waals surface area contributed by atoms with Crippen LogP contribution in [0.4, 0.5) is 5.69 Å². The molecule has 0 aliphatic carbocycles. The van der Waals surface area contributed by atoms with Crippen molar-refractivity contribution in [2.45, 2.75) is 6.04 Å². The minimum atomic E-state index is -0.0762. The van der Waals surface area contributed by atoms with Crippen LogP contribution in [-0.4, -0.2) is 41.3 Å². The third kappa shape index (κ3) is 4.33. The summed E-state index contributed by atoms with van der Waals surface area (Å²) in [4.78, 5) is 4.85. The van der Waals surface area contributed by atoms with E-state index in [9.17, 15) is 0 Å². The topological polar surface area (TPSA) is 45.4 Å². The van der Waals surface area contributed by atoms with Gasteiger partial charge in [-0.3, -0.25) is 4.90 Å². The summed E-state index contributed by atoms with van der Waals surface area (Å²) in [5.41, 5.74) is 3.28. The Morgan fingerprint density at radius 1 is 0.742 bits per heavy atom. The highest BCUT2D eigenvalue weighted by molar-refractivity contribution is 6.30. The van der Waals surface area contributed by atoms with Crippen LogP contribution < -0.4 is 4.90 Å². The molecular weight excluding hydrogens is 408 g/mol. The van der Waals surface area contributed by atoms with Gasteiger partial charge in [-0.1, -0.05) is 60.1 Å². The average molecular weight is 431 g/mol. The third-order valence-corrected chi connectivity index (χ3v) is 5.93. The lowest BCUT2D eigenvalue weighted by molar-refractivity contribution is 0.188. The van der Waals surface area contributed by atoms with Crippen molar-refractivity contribution in [2.75, 3.05) is 31.1 Å². The van der Waals surface area contributed by atoms with Crippen molar-refractivity contribution in [3.63, 3.8) is 0 Å². The maximum Gasteiger partial charge on any atom is 0.247 e. The molecule has 1 atom stereocenters. The normalized spacial score (nSPS) is 15.7. The van der Waals surface area contributed by atoms with Gasteiger partial charge >= 0.3 is 0 Å². The lowest BCUT2D eigenvalue weighted by atomic mass is 10.0. The van der Waals surface area contributed by atoms with Gasteiger partial charge in [-0.05, 0) is 42.0 Å². The predicted octanol–water partition coefficient (Wildman–Crippen LogP) is 5.30. The molecule has 0 spiro atoms. The number of aromatic nitrogens is 2. The Bertz CT molecular complexity index is 1110. The molecule has 0 N–H and O–H groups in total. The number of benzene rings is 3. The molecule has 1 aliphatic rings. The molecule has 0 saturated carbocycles. The zero-order valence-electron chi connectivity index (χ0n) is 17.1. The second-order valence-electron chi connectivity index (χ2n) is 7.62. The van der Waals surface area contributed by atoms with E-state index in [0.717, 1.165) is 37.3 Å². The quantitative estimate of drug-likeness (QED) is 0.429. The molecule has 31 heavy (non-hydrogen) atoms. The summed E-state index contributed by atoms with van der Waals surface area (Å²) in [5.74, 6) is 1.12. The van der Waals surface area contributed by atoms with Crippen molar-refractivity contribution in [1.29, 1.82) is 0 Å². The van der Waals surface area contributed by atoms with Gasteiger partial charge in [-0.15, -0.1) is 10.2 Å². The molecule has 5 nitrogen and oxygen atoms in total. The molecular formula is C25H23ClN4O. The molecule has 1 saturated heterocycles. The van der Waals surface area contributed by atoms with Gasteiger partial charge in [0, 0.05) is 42.5 Å². The van der Waals surface area contributed by atoms with Crippen LogP contribution in [0.3, 0.4) is 0 Å². The molecule has 4 aromatic rings. The van der Waals surface area contributed by atoms with Crippen molar-refractivity contribution in [2.24, 2.45) is 0 Å². The van der Waals surface area contributed by atoms with Gasteiger partial charge in [0.2, 0.25) is 11.8 Å². The van der Waals surface area contributed by atoms with E-state index in [0.29, 0.717) is 16.8 Å². The molecule has 0 radical (unpaired) electrons. The van der Waals surface area contributed by atoms with Crippen LogP contribution in [0.15, 0.2) is 89.3 Å². The molecule has 1 aliphatic heterocycles. The van der Waals surface area contributed by atoms with Crippen LogP contribution in [0.1, 0.15) is 17.5 Å². The Balaban J connectivity index is 1.41. The maximum atomic E-state index is 6.17. The Kier molecular flexibility index (Phi) is 5.69. The molecule has 0 unspecified atom stereocenters. The minimum absolute atomic E-state index is 0.0762. The van der Waals surface area contributed by atoms with E-state index in [1.54, 1.807) is 0 Å². The molecule has 6 heteroatoms. The smallest absolute Gasteiger partial charge is 0.247 e. The minimum Gasteiger partial charge on any atom is -0.419 e. The van der Waals surface area contributed by atoms with Crippen LogP contribution in [-0.2, 0) is 0 Å². The first kappa shape index (κ1) is 19.8. The van der Waals surface area contributed by atoms with Gasteiger partial charge < -0.3 is 9.32 Å². The first-order chi connectivity index (χ1) is 15.3. The van der Waals surface area contributed by atoms with Gasteiger partial charge in [-0.25, -0.2) is 0 Å². The highest BCUT2D eigenvalue weighted by atomic mass is 35.5. The van der Waals surface area contributed by atoms with E-state index in [2.05, 4.69) is 74.6 Å². The molecule has 1 aromatic heterocycles. The second kappa shape index (κ2) is 8.92. The number of hydrogen-bond acceptors (Lipinski definition) is 5. The summed E-state index contributed by atoms with van der Waals surface area (Å²) in [5, 5.41) is 9.44. The van der Waals surface area contributed by atoms with Crippen LogP contribution >= 0.6 is 11.6 Å². The molecule has 2 heterocycles. The number of hydrogen-bond donors (Lipinski definition) is 0. The van der Waals surface area contributed by atoms with Gasteiger partial charge in [0.05, 0.1) is 0 Å². The van der Waals surface area contributed by atoms with E-state index in [1.807, 2.05) is 30.3 Å². The van der Waals surface area contributed by atoms with Crippen molar-refractivity contribution in [1.82, 2.24) is 15.1 Å². The van der Waals surface area contributed by atoms with Gasteiger partial charge in [-0.2, -0.15) is 0 Å². The summed E-state index contributed by atoms with van der Waals surface area (Å²) in [6.45, 7) is 3.72. The SMILES string of the molecule is Clc1ccc(-c2nnc([C@H](c3ccccc3)N3CCN(c4ccccc4)CC3)o2)cc1. The van der Waals surface area contributed by atoms with E-state index in [4.69, 9.17) is 16.0 Å². The summed E-state index contributed by atoms with van der Waals surface area (Å²) in [6, 6.07) is 28.3. The second-order valence-corrected chi connectivity index (χ2v) is 8.06. The highest BCUT2D eigenvalue weighted by Crippen LogP contribution is 2.31. The molecule has 0 amide bonds. The lowest BCUT2D eigenvalue weighted by Gasteiger charge is -2.39. The number of nitrogens with zero attached hydrogens (tertiary/aromatic N) is 4. The van der Waals surface area contributed by atoms with E-state index < -0.39 is 0 Å². The molecule has 5 rings (SSSR count). The molecule has 0 bridgehead atoms. The van der Waals surface area contributed by atoms with Gasteiger partial charge in [0.25, 0.3) is 0 Å². The predicted molar refractivity (Wildman–Crippen MR) is 123 cm³/mol. The highest BCUT2D eigenvalue weighted by Gasteiger charge is 2.30. The fraction of sp³-hybridized carbons (Fsp3) is 0.200. The number of piperazine rings is 1. The number of halogens is 1. The van der Waals surface area contributed by atoms with Crippen LogP contribution in [0.25, 0.3) is 11.5 Å². The lowest BCUT2D eigenvalue weighted by Crippen LogP contribution is -2.48. The van der Waals surface area contributed by atoms with Crippen LogP contribution in [0.5, 0.6) is 0 Å². The monoisotopic (exact) mass is 430 g/mol. The summed E-state index contributed by atoms with van der Waals surface area (Å²) < 4.78 is 6.17. The molecule has 156 valence electrons. The Morgan fingerprint density at radius 2 is 1.39 bits per heavy atom. The van der Waals surface area contributed by atoms with Crippen molar-refractivity contribution >= 4 is 17.3 Å². The Hall–Kier alpha value is -3.15. The first-order valence-corrected chi connectivity index (χ1v) is 10.8. The standard InChI is InChI=1S/C25H23ClN4O/c26-21-13-11-20(12-14-21)24-27-28-25(31-24)23(19-7-3-1-4-8-19)30-17-15-29(16-18-30)22-9-5-2-6-10-22/h1-14,23H,15-18H2/t23-/m0/s1. The third-order valence-electron chi connectivity index (χ3n) is 5.68. The first-order valence-electron chi connectivity index (χ1n) is 10.5. The van der Waals surface area contributed by atoms with Crippen LogP contribution in [0, 0.1) is 0 Å². The molecule has 3 aromatic carbocycles. The largest absolute Gasteiger partial charge is 0.419 e. The van der Waals surface area contributed by atoms with E-state index >= 15 is 0 Å². The fourth-order valence-corrected chi connectivity index (χ4v) is 4.20. The summed E-state index contributed by atoms with van der Waals surface area (Å²) in [7, 11) is 0. The summed E-state index contributed by atoms with van der Waals surface area (Å²) >= 11 is 6.02. The zero-order valence-corrected chi connectivity index (χ0v) is 17.8. The Labute approximate surface area is 186 Å². The zero-order chi connectivity index (χ0) is 21.0. The molecule has 1 fully saturated rings. The van der Waals surface area contributed by atoms with Crippen molar-refractivity contribution < 1.29 is 4.42 Å². The van der Waals surface area contributed by atoms with Crippen molar-refractivity contribution in [3.05, 3.63) is 101 Å². The number of rotatable bonds is 5.